The molecule has 0 heterocycles. The van der Waals surface area contributed by atoms with Crippen LogP contribution < -0.4 is 0 Å². The quantitative estimate of drug-likeness (QED) is 0.836. The molecule has 0 aromatic heterocycles. The molecule has 0 aliphatic carbocycles. The largest absolute Gasteiger partial charge is 0.478 e. The lowest BCUT2D eigenvalue weighted by molar-refractivity contribution is -0.131. The van der Waals surface area contributed by atoms with Crippen molar-refractivity contribution in [3.8, 4) is 0 Å². The topological polar surface area (TPSA) is 54.4 Å². The van der Waals surface area contributed by atoms with E-state index in [0.717, 1.165) is 28.5 Å². The van der Waals surface area contributed by atoms with Crippen LogP contribution in [-0.2, 0) is 16.0 Å². The number of hydrogen-bond acceptors (Lipinski definition) is 2. The molecule has 0 bridgehead atoms. The van der Waals surface area contributed by atoms with Crippen molar-refractivity contribution in [1.82, 2.24) is 0 Å². The van der Waals surface area contributed by atoms with E-state index in [-0.39, 0.29) is 12.2 Å². The number of aliphatic carboxylic acids is 1. The van der Waals surface area contributed by atoms with Gasteiger partial charge in [-0.1, -0.05) is 42.5 Å². The predicted octanol–water partition coefficient (Wildman–Crippen LogP) is 2.59. The van der Waals surface area contributed by atoms with Gasteiger partial charge in [-0.05, 0) is 22.4 Å². The van der Waals surface area contributed by atoms with Crippen molar-refractivity contribution >= 4 is 22.5 Å². The van der Waals surface area contributed by atoms with E-state index in [1.165, 1.54) is 0 Å². The van der Waals surface area contributed by atoms with Gasteiger partial charge in [0.15, 0.2) is 5.78 Å². The second-order valence-electron chi connectivity index (χ2n) is 4.00. The minimum absolute atomic E-state index is 0.215. The first-order chi connectivity index (χ1) is 8.65. The number of carboxylic acid groups (broad SMARTS) is 1. The van der Waals surface area contributed by atoms with Gasteiger partial charge in [0, 0.05) is 12.5 Å². The van der Waals surface area contributed by atoms with Gasteiger partial charge in [0.2, 0.25) is 0 Å². The Hall–Kier alpha value is -2.42. The number of carbonyl (C=O) groups excluding carboxylic acids is 1. The molecule has 1 N–H and O–H groups in total. The molecule has 3 heteroatoms. The Bertz CT molecular complexity index is 626. The van der Waals surface area contributed by atoms with Crippen molar-refractivity contribution in [3.63, 3.8) is 0 Å². The van der Waals surface area contributed by atoms with Crippen molar-refractivity contribution in [2.24, 2.45) is 0 Å². The van der Waals surface area contributed by atoms with Crippen LogP contribution in [0.2, 0.25) is 0 Å². The van der Waals surface area contributed by atoms with Crippen LogP contribution in [-0.4, -0.2) is 16.9 Å². The van der Waals surface area contributed by atoms with E-state index in [4.69, 9.17) is 5.11 Å². The summed E-state index contributed by atoms with van der Waals surface area (Å²) in [5.74, 6) is -1.32. The Morgan fingerprint density at radius 1 is 1.00 bits per heavy atom. The van der Waals surface area contributed by atoms with Crippen molar-refractivity contribution in [3.05, 3.63) is 60.2 Å². The van der Waals surface area contributed by atoms with E-state index in [0.29, 0.717) is 0 Å². The smallest absolute Gasteiger partial charge is 0.328 e. The molecule has 18 heavy (non-hydrogen) atoms. The summed E-state index contributed by atoms with van der Waals surface area (Å²) in [7, 11) is 0. The zero-order chi connectivity index (χ0) is 13.0. The predicted molar refractivity (Wildman–Crippen MR) is 69.4 cm³/mol. The molecule has 2 aromatic carbocycles. The van der Waals surface area contributed by atoms with E-state index < -0.39 is 5.97 Å². The third-order valence-corrected chi connectivity index (χ3v) is 2.60. The minimum atomic E-state index is -1.11. The molecular weight excluding hydrogens is 228 g/mol. The lowest BCUT2D eigenvalue weighted by Crippen LogP contribution is -2.00. The number of allylic oxidation sites excluding steroid dienone is 1. The van der Waals surface area contributed by atoms with Gasteiger partial charge < -0.3 is 5.11 Å². The van der Waals surface area contributed by atoms with Gasteiger partial charge in [0.1, 0.15) is 0 Å². The third kappa shape index (κ3) is 3.04. The molecule has 0 atom stereocenters. The zero-order valence-corrected chi connectivity index (χ0v) is 9.67. The van der Waals surface area contributed by atoms with E-state index in [1.807, 2.05) is 42.5 Å². The Morgan fingerprint density at radius 2 is 1.72 bits per heavy atom. The zero-order valence-electron chi connectivity index (χ0n) is 9.67. The van der Waals surface area contributed by atoms with Crippen molar-refractivity contribution < 1.29 is 14.7 Å². The third-order valence-electron chi connectivity index (χ3n) is 2.60. The van der Waals surface area contributed by atoms with Crippen LogP contribution in [0.4, 0.5) is 0 Å². The highest BCUT2D eigenvalue weighted by atomic mass is 16.4. The summed E-state index contributed by atoms with van der Waals surface area (Å²) in [5.41, 5.74) is 0.883. The van der Waals surface area contributed by atoms with E-state index >= 15 is 0 Å². The number of carboxylic acids is 1. The van der Waals surface area contributed by atoms with E-state index in [2.05, 4.69) is 0 Å². The SMILES string of the molecule is O=C(O)C=CC(=O)Cc1ccc2ccccc2c1. The average molecular weight is 240 g/mol. The molecule has 0 unspecified atom stereocenters. The van der Waals surface area contributed by atoms with Crippen molar-refractivity contribution in [2.75, 3.05) is 0 Å². The highest BCUT2D eigenvalue weighted by Gasteiger charge is 2.02. The van der Waals surface area contributed by atoms with Crippen LogP contribution >= 0.6 is 0 Å². The lowest BCUT2D eigenvalue weighted by atomic mass is 10.0. The van der Waals surface area contributed by atoms with Crippen LogP contribution in [0, 0.1) is 0 Å². The van der Waals surface area contributed by atoms with Gasteiger partial charge >= 0.3 is 5.97 Å². The van der Waals surface area contributed by atoms with Crippen molar-refractivity contribution in [2.45, 2.75) is 6.42 Å². The molecule has 0 radical (unpaired) electrons. The van der Waals surface area contributed by atoms with Crippen LogP contribution in [0.3, 0.4) is 0 Å². The first-order valence-electron chi connectivity index (χ1n) is 5.57. The maximum Gasteiger partial charge on any atom is 0.328 e. The fourth-order valence-corrected chi connectivity index (χ4v) is 1.77. The number of carbonyl (C=O) groups is 2. The van der Waals surface area contributed by atoms with Gasteiger partial charge in [0.25, 0.3) is 0 Å². The number of ketones is 1. The van der Waals surface area contributed by atoms with Gasteiger partial charge in [-0.2, -0.15) is 0 Å². The lowest BCUT2D eigenvalue weighted by Gasteiger charge is -2.01. The van der Waals surface area contributed by atoms with Crippen LogP contribution in [0.1, 0.15) is 5.56 Å². The summed E-state index contributed by atoms with van der Waals surface area (Å²) >= 11 is 0. The summed E-state index contributed by atoms with van der Waals surface area (Å²) < 4.78 is 0. The summed E-state index contributed by atoms with van der Waals surface area (Å²) in [6.07, 6.45) is 2.18. The molecule has 0 amide bonds. The van der Waals surface area contributed by atoms with Crippen molar-refractivity contribution in [1.29, 1.82) is 0 Å². The number of rotatable bonds is 4. The van der Waals surface area contributed by atoms with Crippen LogP contribution in [0.25, 0.3) is 10.8 Å². The maximum absolute atomic E-state index is 11.5. The summed E-state index contributed by atoms with van der Waals surface area (Å²) in [6.45, 7) is 0. The first kappa shape index (κ1) is 12.0. The van der Waals surface area contributed by atoms with E-state index in [1.54, 1.807) is 0 Å². The molecule has 0 spiro atoms. The first-order valence-corrected chi connectivity index (χ1v) is 5.57. The molecule has 2 rings (SSSR count). The molecule has 0 saturated carbocycles. The minimum Gasteiger partial charge on any atom is -0.478 e. The average Bonchev–Trinajstić information content (AvgIpc) is 2.36. The fraction of sp³-hybridized carbons (Fsp3) is 0.0667. The summed E-state index contributed by atoms with van der Waals surface area (Å²) in [6, 6.07) is 13.7. The van der Waals surface area contributed by atoms with Crippen LogP contribution in [0.5, 0.6) is 0 Å². The van der Waals surface area contributed by atoms with Gasteiger partial charge in [0.05, 0.1) is 0 Å². The molecule has 0 aliphatic heterocycles. The second kappa shape index (κ2) is 5.27. The van der Waals surface area contributed by atoms with Gasteiger partial charge in [-0.25, -0.2) is 4.79 Å². The Kier molecular flexibility index (Phi) is 3.53. The number of fused-ring (bicyclic) bond motifs is 1. The highest BCUT2D eigenvalue weighted by Crippen LogP contribution is 2.16. The molecule has 2 aromatic rings. The standard InChI is InChI=1S/C15H12O3/c16-14(7-8-15(17)18)10-11-5-6-12-3-1-2-4-13(12)9-11/h1-9H,10H2,(H,17,18). The van der Waals surface area contributed by atoms with Crippen LogP contribution in [0.15, 0.2) is 54.6 Å². The fourth-order valence-electron chi connectivity index (χ4n) is 1.77. The Morgan fingerprint density at radius 3 is 2.44 bits per heavy atom. The monoisotopic (exact) mass is 240 g/mol. The number of hydrogen-bond donors (Lipinski definition) is 1. The molecule has 3 nitrogen and oxygen atoms in total. The second-order valence-corrected chi connectivity index (χ2v) is 4.00. The normalized spacial score (nSPS) is 10.9. The molecule has 90 valence electrons. The van der Waals surface area contributed by atoms with E-state index in [9.17, 15) is 9.59 Å². The Balaban J connectivity index is 2.17. The molecular formula is C15H12O3. The molecule has 0 fully saturated rings. The maximum atomic E-state index is 11.5. The molecule has 0 aliphatic rings. The summed E-state index contributed by atoms with van der Waals surface area (Å²) in [5, 5.41) is 10.6. The van der Waals surface area contributed by atoms with Gasteiger partial charge in [-0.15, -0.1) is 0 Å². The number of benzene rings is 2. The van der Waals surface area contributed by atoms with Gasteiger partial charge in [-0.3, -0.25) is 4.79 Å². The Labute approximate surface area is 104 Å². The highest BCUT2D eigenvalue weighted by molar-refractivity contribution is 5.97. The molecule has 0 saturated heterocycles. The summed E-state index contributed by atoms with van der Waals surface area (Å²) in [4.78, 5) is 21.8.